The Bertz CT molecular complexity index is 236. The molecule has 1 N–H and O–H groups in total. The summed E-state index contributed by atoms with van der Waals surface area (Å²) >= 11 is 0. The van der Waals surface area contributed by atoms with E-state index in [2.05, 4.69) is 11.3 Å². The van der Waals surface area contributed by atoms with E-state index in [9.17, 15) is 13.2 Å². The fourth-order valence-electron chi connectivity index (χ4n) is 0.276. The van der Waals surface area contributed by atoms with Crippen LogP contribution in [0.3, 0.4) is 0 Å². The Morgan fingerprint density at radius 3 is 2.45 bits per heavy atom. The van der Waals surface area contributed by atoms with Crippen molar-refractivity contribution in [3.8, 4) is 0 Å². The number of carbonyl (C=O) groups excluding carboxylic acids is 1. The van der Waals surface area contributed by atoms with E-state index in [4.69, 9.17) is 4.55 Å². The van der Waals surface area contributed by atoms with E-state index in [1.54, 1.807) is 0 Å². The van der Waals surface area contributed by atoms with Gasteiger partial charge in [-0.3, -0.25) is 9.35 Å². The number of hydrogen-bond acceptors (Lipinski definition) is 4. The molecule has 0 unspecified atom stereocenters. The Morgan fingerprint density at radius 2 is 2.18 bits per heavy atom. The van der Waals surface area contributed by atoms with Gasteiger partial charge in [0.15, 0.2) is 5.75 Å². The maximum absolute atomic E-state index is 10.2. The van der Waals surface area contributed by atoms with Crippen molar-refractivity contribution in [1.82, 2.24) is 0 Å². The first-order chi connectivity index (χ1) is 4.45. The molecule has 0 rings (SSSR count). The van der Waals surface area contributed by atoms with Gasteiger partial charge in [-0.15, -0.1) is 0 Å². The van der Waals surface area contributed by atoms with Gasteiger partial charge >= 0.3 is 35.5 Å². The standard InChI is InChI=1S/C4H6O5S.Na.H/c1-2-9-4(5)3-10(6,7)8;;/h2H,1,3H2,(H,6,7,8);;/q;+1;-1. The molecule has 0 saturated carbocycles. The summed E-state index contributed by atoms with van der Waals surface area (Å²) in [5.74, 6) is -2.10. The van der Waals surface area contributed by atoms with Gasteiger partial charge in [0.25, 0.3) is 10.1 Å². The van der Waals surface area contributed by atoms with Crippen LogP contribution in [0.2, 0.25) is 0 Å². The first kappa shape index (κ1) is 13.7. The van der Waals surface area contributed by atoms with Crippen LogP contribution in [0, 0.1) is 0 Å². The van der Waals surface area contributed by atoms with Crippen molar-refractivity contribution in [2.45, 2.75) is 0 Å². The molecule has 0 aliphatic rings. The van der Waals surface area contributed by atoms with Gasteiger partial charge < -0.3 is 6.16 Å². The molecule has 0 aliphatic carbocycles. The summed E-state index contributed by atoms with van der Waals surface area (Å²) in [5, 5.41) is 0. The molecule has 0 aromatic rings. The number of hydrogen-bond donors (Lipinski definition) is 1. The van der Waals surface area contributed by atoms with E-state index in [1.165, 1.54) is 0 Å². The first-order valence-electron chi connectivity index (χ1n) is 2.21. The Labute approximate surface area is 87.9 Å². The molecule has 5 nitrogen and oxygen atoms in total. The van der Waals surface area contributed by atoms with Gasteiger partial charge in [0.1, 0.15) is 0 Å². The Balaban J connectivity index is -0.000000405. The minimum atomic E-state index is -4.27. The van der Waals surface area contributed by atoms with Crippen LogP contribution in [0.5, 0.6) is 0 Å². The van der Waals surface area contributed by atoms with Gasteiger partial charge in [0.05, 0.1) is 6.26 Å². The molecule has 0 heterocycles. The summed E-state index contributed by atoms with van der Waals surface area (Å²) in [7, 11) is -4.27. The molecule has 0 fully saturated rings. The van der Waals surface area contributed by atoms with Crippen molar-refractivity contribution in [2.75, 3.05) is 5.75 Å². The van der Waals surface area contributed by atoms with E-state index >= 15 is 0 Å². The van der Waals surface area contributed by atoms with Crippen LogP contribution in [0.25, 0.3) is 0 Å². The molecule has 60 valence electrons. The molecule has 0 amide bonds. The maximum atomic E-state index is 10.2. The molecule has 0 bridgehead atoms. The number of ether oxygens (including phenoxy) is 1. The molecule has 11 heavy (non-hydrogen) atoms. The molecule has 0 saturated heterocycles. The zero-order chi connectivity index (χ0) is 8.20. The van der Waals surface area contributed by atoms with Gasteiger partial charge in [-0.05, 0) is 0 Å². The molecule has 0 radical (unpaired) electrons. The van der Waals surface area contributed by atoms with Crippen molar-refractivity contribution < 1.29 is 53.5 Å². The van der Waals surface area contributed by atoms with Crippen LogP contribution in [-0.2, 0) is 19.6 Å². The fraction of sp³-hybridized carbons (Fsp3) is 0.250. The van der Waals surface area contributed by atoms with Crippen molar-refractivity contribution in [1.29, 1.82) is 0 Å². The van der Waals surface area contributed by atoms with E-state index < -0.39 is 21.8 Å². The van der Waals surface area contributed by atoms with Crippen molar-refractivity contribution in [2.24, 2.45) is 0 Å². The molecule has 0 aliphatic heterocycles. The van der Waals surface area contributed by atoms with Gasteiger partial charge in [-0.25, -0.2) is 0 Å². The Kier molecular flexibility index (Phi) is 7.13. The van der Waals surface area contributed by atoms with E-state index in [0.29, 0.717) is 0 Å². The van der Waals surface area contributed by atoms with Crippen LogP contribution in [0.15, 0.2) is 12.8 Å². The fourth-order valence-corrected chi connectivity index (χ4v) is 0.642. The number of esters is 1. The second-order valence-corrected chi connectivity index (χ2v) is 2.84. The van der Waals surface area contributed by atoms with Gasteiger partial charge in [-0.2, -0.15) is 8.42 Å². The summed E-state index contributed by atoms with van der Waals surface area (Å²) in [5.41, 5.74) is 0. The van der Waals surface area contributed by atoms with Crippen LogP contribution in [0.4, 0.5) is 0 Å². The minimum absolute atomic E-state index is 0. The second-order valence-electron chi connectivity index (χ2n) is 1.38. The minimum Gasteiger partial charge on any atom is -1.00 e. The molecule has 7 heteroatoms. The predicted molar refractivity (Wildman–Crippen MR) is 33.8 cm³/mol. The zero-order valence-corrected chi connectivity index (χ0v) is 8.80. The molecule has 0 atom stereocenters. The zero-order valence-electron chi connectivity index (χ0n) is 6.98. The van der Waals surface area contributed by atoms with Crippen molar-refractivity contribution in [3.05, 3.63) is 12.8 Å². The summed E-state index contributed by atoms with van der Waals surface area (Å²) in [4.78, 5) is 10.2. The molecular formula is C4H7NaO5S. The van der Waals surface area contributed by atoms with Crippen LogP contribution < -0.4 is 29.6 Å². The molecule has 0 spiro atoms. The van der Waals surface area contributed by atoms with Crippen LogP contribution in [-0.4, -0.2) is 24.7 Å². The van der Waals surface area contributed by atoms with Crippen LogP contribution >= 0.6 is 0 Å². The molecule has 0 aromatic heterocycles. The maximum Gasteiger partial charge on any atom is 1.00 e. The second kappa shape index (κ2) is 5.73. The third-order valence-corrected chi connectivity index (χ3v) is 1.12. The van der Waals surface area contributed by atoms with Gasteiger partial charge in [-0.1, -0.05) is 6.58 Å². The van der Waals surface area contributed by atoms with Crippen molar-refractivity contribution in [3.63, 3.8) is 0 Å². The van der Waals surface area contributed by atoms with Gasteiger partial charge in [0, 0.05) is 0 Å². The summed E-state index contributed by atoms with van der Waals surface area (Å²) < 4.78 is 31.9. The third kappa shape index (κ3) is 10.1. The van der Waals surface area contributed by atoms with Crippen LogP contribution in [0.1, 0.15) is 1.43 Å². The normalized spacial score (nSPS) is 9.55. The molecular weight excluding hydrogens is 183 g/mol. The average molecular weight is 190 g/mol. The Hall–Kier alpha value is 0.120. The quantitative estimate of drug-likeness (QED) is 0.218. The van der Waals surface area contributed by atoms with Gasteiger partial charge in [0.2, 0.25) is 0 Å². The smallest absolute Gasteiger partial charge is 1.00 e. The van der Waals surface area contributed by atoms with Crippen molar-refractivity contribution >= 4 is 16.1 Å². The number of rotatable bonds is 3. The largest absolute Gasteiger partial charge is 1.00 e. The first-order valence-corrected chi connectivity index (χ1v) is 3.82. The monoisotopic (exact) mass is 190 g/mol. The average Bonchev–Trinajstić information content (AvgIpc) is 1.59. The SMILES string of the molecule is C=COC(=O)CS(=O)(=O)O.[H-].[Na+]. The molecule has 0 aromatic carbocycles. The Morgan fingerprint density at radius 1 is 1.73 bits per heavy atom. The van der Waals surface area contributed by atoms with E-state index in [-0.39, 0.29) is 31.0 Å². The summed E-state index contributed by atoms with van der Waals surface area (Å²) in [6.07, 6.45) is 0.785. The van der Waals surface area contributed by atoms with E-state index in [1.807, 2.05) is 0 Å². The third-order valence-electron chi connectivity index (χ3n) is 0.515. The summed E-state index contributed by atoms with van der Waals surface area (Å²) in [6.45, 7) is 3.01. The topological polar surface area (TPSA) is 80.7 Å². The van der Waals surface area contributed by atoms with E-state index in [0.717, 1.165) is 6.26 Å². The predicted octanol–water partition coefficient (Wildman–Crippen LogP) is -3.32. The number of carbonyl (C=O) groups is 1. The summed E-state index contributed by atoms with van der Waals surface area (Å²) in [6, 6.07) is 0.